The van der Waals surface area contributed by atoms with Gasteiger partial charge in [0.25, 0.3) is 5.91 Å². The Morgan fingerprint density at radius 1 is 0.868 bits per heavy atom. The second-order valence-electron chi connectivity index (χ2n) is 9.44. The Morgan fingerprint density at radius 3 is 2.11 bits per heavy atom. The fraction of sp³-hybridized carbons (Fsp3) is 0.483. The monoisotopic (exact) mass is 528 g/mol. The van der Waals surface area contributed by atoms with Crippen LogP contribution in [0.1, 0.15) is 57.6 Å². The first-order valence-corrected chi connectivity index (χ1v) is 13.0. The number of ether oxygens (including phenoxy) is 3. The molecule has 0 heterocycles. The zero-order chi connectivity index (χ0) is 27.9. The molecule has 2 amide bonds. The second kappa shape index (κ2) is 16.3. The van der Waals surface area contributed by atoms with E-state index in [2.05, 4.69) is 10.6 Å². The molecule has 0 aliphatic carbocycles. The summed E-state index contributed by atoms with van der Waals surface area (Å²) in [6.07, 6.45) is 0.524. The summed E-state index contributed by atoms with van der Waals surface area (Å²) in [5.41, 5.74) is 1.58. The van der Waals surface area contributed by atoms with Gasteiger partial charge in [-0.3, -0.25) is 4.79 Å². The number of nitrogens with one attached hydrogen (secondary N) is 2. The van der Waals surface area contributed by atoms with Crippen molar-refractivity contribution < 1.29 is 33.7 Å². The van der Waals surface area contributed by atoms with Crippen molar-refractivity contribution in [1.29, 1.82) is 0 Å². The Morgan fingerprint density at radius 2 is 1.50 bits per heavy atom. The van der Waals surface area contributed by atoms with E-state index in [4.69, 9.17) is 14.2 Å². The lowest BCUT2D eigenvalue weighted by atomic mass is 10.0. The number of benzene rings is 2. The number of methoxy groups -OCH3 is 1. The van der Waals surface area contributed by atoms with Crippen molar-refractivity contribution in [1.82, 2.24) is 10.6 Å². The first-order valence-electron chi connectivity index (χ1n) is 13.0. The molecule has 9 heteroatoms. The van der Waals surface area contributed by atoms with Gasteiger partial charge in [0.2, 0.25) is 0 Å². The van der Waals surface area contributed by atoms with E-state index >= 15 is 0 Å². The molecule has 2 aromatic rings. The van der Waals surface area contributed by atoms with Gasteiger partial charge in [0.1, 0.15) is 25.0 Å². The second-order valence-corrected chi connectivity index (χ2v) is 9.44. The summed E-state index contributed by atoms with van der Waals surface area (Å²) < 4.78 is 15.8. The fourth-order valence-electron chi connectivity index (χ4n) is 3.72. The summed E-state index contributed by atoms with van der Waals surface area (Å²) in [6.45, 7) is 5.66. The number of aliphatic hydroxyl groups is 1. The van der Waals surface area contributed by atoms with Crippen molar-refractivity contribution in [3.63, 3.8) is 0 Å². The highest BCUT2D eigenvalue weighted by Crippen LogP contribution is 2.14. The molecule has 3 atom stereocenters. The average Bonchev–Trinajstić information content (AvgIpc) is 2.93. The Balaban J connectivity index is 1.98. The zero-order valence-electron chi connectivity index (χ0n) is 22.6. The highest BCUT2D eigenvalue weighted by atomic mass is 16.5. The molecule has 0 bridgehead atoms. The summed E-state index contributed by atoms with van der Waals surface area (Å²) in [5.74, 6) is -0.960. The van der Waals surface area contributed by atoms with E-state index in [-0.39, 0.29) is 19.1 Å². The standard InChI is InChI=1S/C29H40N2O7/c1-5-6-8-13-24(30-29(35)38-19-22-14-16-23(36-4)17-15-22)26(32)27(33)31-25(20(2)3)28(34)37-18-21-11-9-7-10-12-21/h7,9-12,14-17,20,24-26,32H,5-6,8,13,18-19H2,1-4H3,(H,30,35)(H,31,33)/t24-,25+,26+/m1/s1. The van der Waals surface area contributed by atoms with E-state index in [0.717, 1.165) is 24.0 Å². The van der Waals surface area contributed by atoms with Gasteiger partial charge in [-0.1, -0.05) is 82.5 Å². The summed E-state index contributed by atoms with van der Waals surface area (Å²) in [4.78, 5) is 38.2. The predicted octanol–water partition coefficient (Wildman–Crippen LogP) is 4.12. The molecular formula is C29H40N2O7. The lowest BCUT2D eigenvalue weighted by Crippen LogP contribution is -2.55. The molecule has 0 radical (unpaired) electrons. The predicted molar refractivity (Wildman–Crippen MR) is 143 cm³/mol. The van der Waals surface area contributed by atoms with Crippen molar-refractivity contribution in [2.75, 3.05) is 7.11 Å². The molecule has 0 saturated heterocycles. The molecule has 2 rings (SSSR count). The number of hydrogen-bond donors (Lipinski definition) is 3. The van der Waals surface area contributed by atoms with Crippen molar-refractivity contribution >= 4 is 18.0 Å². The smallest absolute Gasteiger partial charge is 0.407 e. The quantitative estimate of drug-likeness (QED) is 0.235. The largest absolute Gasteiger partial charge is 0.497 e. The van der Waals surface area contributed by atoms with Crippen LogP contribution in [-0.4, -0.2) is 48.4 Å². The topological polar surface area (TPSA) is 123 Å². The zero-order valence-corrected chi connectivity index (χ0v) is 22.6. The molecule has 0 unspecified atom stereocenters. The van der Waals surface area contributed by atoms with Gasteiger partial charge in [-0.25, -0.2) is 9.59 Å². The number of alkyl carbamates (subject to hydrolysis) is 1. The minimum atomic E-state index is -1.58. The molecule has 9 nitrogen and oxygen atoms in total. The lowest BCUT2D eigenvalue weighted by Gasteiger charge is -2.26. The van der Waals surface area contributed by atoms with Gasteiger partial charge >= 0.3 is 12.1 Å². The molecule has 2 aromatic carbocycles. The van der Waals surface area contributed by atoms with Gasteiger partial charge in [-0.05, 0) is 35.6 Å². The van der Waals surface area contributed by atoms with Gasteiger partial charge in [-0.2, -0.15) is 0 Å². The molecule has 0 fully saturated rings. The molecule has 0 aliphatic rings. The van der Waals surface area contributed by atoms with Crippen LogP contribution in [-0.2, 0) is 32.3 Å². The molecular weight excluding hydrogens is 488 g/mol. The molecule has 3 N–H and O–H groups in total. The fourth-order valence-corrected chi connectivity index (χ4v) is 3.72. The number of unbranched alkanes of at least 4 members (excludes halogenated alkanes) is 2. The van der Waals surface area contributed by atoms with Crippen molar-refractivity contribution in [2.45, 2.75) is 77.9 Å². The van der Waals surface area contributed by atoms with Crippen molar-refractivity contribution in [3.05, 3.63) is 65.7 Å². The summed E-state index contributed by atoms with van der Waals surface area (Å²) in [7, 11) is 1.57. The first kappa shape index (κ1) is 30.6. The normalized spacial score (nSPS) is 13.2. The van der Waals surface area contributed by atoms with Crippen LogP contribution in [0, 0.1) is 5.92 Å². The Hall–Kier alpha value is -3.59. The number of amides is 2. The minimum Gasteiger partial charge on any atom is -0.497 e. The van der Waals surface area contributed by atoms with E-state index in [1.54, 1.807) is 45.2 Å². The van der Waals surface area contributed by atoms with E-state index in [1.807, 2.05) is 37.3 Å². The third-order valence-electron chi connectivity index (χ3n) is 6.04. The maximum absolute atomic E-state index is 13.0. The van der Waals surface area contributed by atoms with Gasteiger partial charge < -0.3 is 30.0 Å². The number of carbonyl (C=O) groups is 3. The van der Waals surface area contributed by atoms with Crippen molar-refractivity contribution in [2.24, 2.45) is 5.92 Å². The van der Waals surface area contributed by atoms with Crippen LogP contribution in [0.3, 0.4) is 0 Å². The highest BCUT2D eigenvalue weighted by Gasteiger charge is 2.33. The Kier molecular flexibility index (Phi) is 13.1. The van der Waals surface area contributed by atoms with E-state index < -0.39 is 36.2 Å². The van der Waals surface area contributed by atoms with Gasteiger partial charge in [0.05, 0.1) is 13.2 Å². The number of hydrogen-bond acceptors (Lipinski definition) is 7. The van der Waals surface area contributed by atoms with Crippen LogP contribution >= 0.6 is 0 Å². The Labute approximate surface area is 224 Å². The maximum atomic E-state index is 13.0. The van der Waals surface area contributed by atoms with Crippen LogP contribution in [0.5, 0.6) is 5.75 Å². The molecule has 0 saturated carbocycles. The molecule has 208 valence electrons. The van der Waals surface area contributed by atoms with Crippen LogP contribution in [0.15, 0.2) is 54.6 Å². The maximum Gasteiger partial charge on any atom is 0.407 e. The summed E-state index contributed by atoms with van der Waals surface area (Å²) in [5, 5.41) is 16.1. The first-order chi connectivity index (χ1) is 18.2. The average molecular weight is 529 g/mol. The van der Waals surface area contributed by atoms with Gasteiger partial charge in [0, 0.05) is 0 Å². The Bertz CT molecular complexity index is 996. The lowest BCUT2D eigenvalue weighted by molar-refractivity contribution is -0.151. The number of carbonyl (C=O) groups excluding carboxylic acids is 3. The van der Waals surface area contributed by atoms with E-state index in [0.29, 0.717) is 18.6 Å². The van der Waals surface area contributed by atoms with E-state index in [9.17, 15) is 19.5 Å². The van der Waals surface area contributed by atoms with E-state index in [1.165, 1.54) is 0 Å². The molecule has 38 heavy (non-hydrogen) atoms. The third kappa shape index (κ3) is 10.4. The molecule has 0 spiro atoms. The van der Waals surface area contributed by atoms with Crippen LogP contribution in [0.25, 0.3) is 0 Å². The number of rotatable bonds is 15. The van der Waals surface area contributed by atoms with Gasteiger partial charge in [-0.15, -0.1) is 0 Å². The molecule has 0 aliphatic heterocycles. The summed E-state index contributed by atoms with van der Waals surface area (Å²) >= 11 is 0. The summed E-state index contributed by atoms with van der Waals surface area (Å²) in [6, 6.07) is 14.4. The van der Waals surface area contributed by atoms with Crippen LogP contribution < -0.4 is 15.4 Å². The number of esters is 1. The SMILES string of the molecule is CCCCC[C@@H](NC(=O)OCc1ccc(OC)cc1)[C@H](O)C(=O)N[C@H](C(=O)OCc1ccccc1)C(C)C. The van der Waals surface area contributed by atoms with Crippen LogP contribution in [0.2, 0.25) is 0 Å². The highest BCUT2D eigenvalue weighted by molar-refractivity contribution is 5.87. The van der Waals surface area contributed by atoms with Gasteiger partial charge in [0.15, 0.2) is 6.10 Å². The molecule has 0 aromatic heterocycles. The number of aliphatic hydroxyl groups excluding tert-OH is 1. The third-order valence-corrected chi connectivity index (χ3v) is 6.04. The minimum absolute atomic E-state index is 0.0163. The van der Waals surface area contributed by atoms with Crippen LogP contribution in [0.4, 0.5) is 4.79 Å². The van der Waals surface area contributed by atoms with Crippen molar-refractivity contribution in [3.8, 4) is 5.75 Å².